The molecule has 0 saturated carbocycles. The van der Waals surface area contributed by atoms with Gasteiger partial charge in [-0.3, -0.25) is 0 Å². The fourth-order valence-corrected chi connectivity index (χ4v) is 12.8. The molecule has 0 heterocycles. The summed E-state index contributed by atoms with van der Waals surface area (Å²) in [5.74, 6) is 3.80. The van der Waals surface area contributed by atoms with Crippen LogP contribution < -0.4 is 18.9 Å². The Kier molecular flexibility index (Phi) is 19.0. The molecule has 8 aromatic carbocycles. The van der Waals surface area contributed by atoms with Crippen molar-refractivity contribution < 1.29 is 18.9 Å². The highest BCUT2D eigenvalue weighted by atomic mass is 16.5. The van der Waals surface area contributed by atoms with E-state index in [0.29, 0.717) is 0 Å². The summed E-state index contributed by atoms with van der Waals surface area (Å²) in [6.45, 7) is 26.6. The maximum Gasteiger partial charge on any atom is 0.119 e. The third kappa shape index (κ3) is 12.1. The van der Waals surface area contributed by atoms with Crippen LogP contribution in [0.3, 0.4) is 0 Å². The summed E-state index contributed by atoms with van der Waals surface area (Å²) in [5.41, 5.74) is 24.9. The molecule has 4 nitrogen and oxygen atoms in total. The standard InChI is InChI=1S/C40H48O2.C37H42O2/c1-7-10-13-31-24-33(27-35(25-31)42-19-12-9-3)40(32-20-30(6)21-34(26-32)41-18-11-8-2)38-22-28(4)14-16-36(38)37-17-15-29(5)23-39(37)40;1-7-9-11-28-21-30(24-32(22-28)39-16-10-8-2)37(29-17-27(5)18-31(23-29)38-6)35-19-25(3)12-14-33(35)34-15-13-26(4)20-36(34)37/h14-17,20-27H,7-13,18-19H2,1-6H3;12-15,17-24H,7-11,16H2,1-6H3. The normalized spacial score (nSPS) is 13.1. The lowest BCUT2D eigenvalue weighted by atomic mass is 9.66. The largest absolute Gasteiger partial charge is 0.497 e. The van der Waals surface area contributed by atoms with Gasteiger partial charge in [0.05, 0.1) is 37.8 Å². The van der Waals surface area contributed by atoms with Crippen LogP contribution in [0.4, 0.5) is 0 Å². The molecule has 0 amide bonds. The third-order valence-corrected chi connectivity index (χ3v) is 16.8. The van der Waals surface area contributed by atoms with E-state index in [9.17, 15) is 0 Å². The first kappa shape index (κ1) is 58.6. The van der Waals surface area contributed by atoms with Crippen molar-refractivity contribution in [2.24, 2.45) is 0 Å². The Bertz CT molecular complexity index is 3360. The van der Waals surface area contributed by atoms with Crippen LogP contribution in [0.5, 0.6) is 23.0 Å². The number of rotatable bonds is 23. The SMILES string of the molecule is CCCCOc1cc(C)cc(C2(c3cc(CCCC)cc(OCCCC)c3)c3cc(C)ccc3-c3ccc(C)cc32)c1.CCCCOc1cc(CCCC)cc(C2(c3cc(C)cc(OC)c3)c3cc(C)ccc3-c3ccc(C)cc32)c1. The number of unbranched alkanes of at least 4 members (excludes halogenated alkanes) is 5. The minimum absolute atomic E-state index is 0.479. The molecular weight excluding hydrogens is 989 g/mol. The zero-order valence-electron chi connectivity index (χ0n) is 51.1. The van der Waals surface area contributed by atoms with E-state index in [4.69, 9.17) is 18.9 Å². The van der Waals surface area contributed by atoms with E-state index in [1.807, 2.05) is 0 Å². The molecule has 81 heavy (non-hydrogen) atoms. The van der Waals surface area contributed by atoms with Crippen LogP contribution in [-0.2, 0) is 23.7 Å². The molecular formula is C77H90O4. The van der Waals surface area contributed by atoms with Crippen LogP contribution in [0.15, 0.2) is 146 Å². The monoisotopic (exact) mass is 1080 g/mol. The van der Waals surface area contributed by atoms with Crippen LogP contribution in [-0.4, -0.2) is 26.9 Å². The summed E-state index contributed by atoms with van der Waals surface area (Å²) < 4.78 is 25.1. The maximum absolute atomic E-state index is 6.46. The molecule has 0 radical (unpaired) electrons. The summed E-state index contributed by atoms with van der Waals surface area (Å²) in [6, 6.07) is 55.6. The maximum atomic E-state index is 6.46. The number of benzene rings is 8. The lowest BCUT2D eigenvalue weighted by Gasteiger charge is -2.35. The Hall–Kier alpha value is -7.04. The molecule has 8 aromatic rings. The zero-order valence-corrected chi connectivity index (χ0v) is 51.1. The second kappa shape index (κ2) is 26.3. The fraction of sp³-hybridized carbons (Fsp3) is 0.377. The highest BCUT2D eigenvalue weighted by Gasteiger charge is 2.49. The average molecular weight is 1080 g/mol. The van der Waals surface area contributed by atoms with Crippen LogP contribution in [0, 0.1) is 41.5 Å². The van der Waals surface area contributed by atoms with Gasteiger partial charge in [-0.05, 0) is 224 Å². The number of fused-ring (bicyclic) bond motifs is 6. The van der Waals surface area contributed by atoms with E-state index >= 15 is 0 Å². The highest BCUT2D eigenvalue weighted by molar-refractivity contribution is 5.88. The first-order valence-electron chi connectivity index (χ1n) is 30.7. The molecule has 0 N–H and O–H groups in total. The zero-order chi connectivity index (χ0) is 57.3. The van der Waals surface area contributed by atoms with Crippen molar-refractivity contribution >= 4 is 0 Å². The van der Waals surface area contributed by atoms with Crippen molar-refractivity contribution in [1.29, 1.82) is 0 Å². The highest BCUT2D eigenvalue weighted by Crippen LogP contribution is 2.59. The number of methoxy groups -OCH3 is 1. The predicted octanol–water partition coefficient (Wildman–Crippen LogP) is 20.2. The molecule has 0 bridgehead atoms. The van der Waals surface area contributed by atoms with Gasteiger partial charge < -0.3 is 18.9 Å². The number of aryl methyl sites for hydroxylation is 8. The number of ether oxygens (including phenoxy) is 4. The van der Waals surface area contributed by atoms with Gasteiger partial charge in [0.25, 0.3) is 0 Å². The first-order valence-corrected chi connectivity index (χ1v) is 30.7. The summed E-state index contributed by atoms with van der Waals surface area (Å²) in [6.07, 6.45) is 13.3. The minimum Gasteiger partial charge on any atom is -0.497 e. The summed E-state index contributed by atoms with van der Waals surface area (Å²) >= 11 is 0. The van der Waals surface area contributed by atoms with E-state index < -0.39 is 10.8 Å². The Morgan fingerprint density at radius 3 is 0.914 bits per heavy atom. The first-order chi connectivity index (χ1) is 39.3. The van der Waals surface area contributed by atoms with Gasteiger partial charge in [-0.2, -0.15) is 0 Å². The molecule has 0 saturated heterocycles. The molecule has 4 heteroatoms. The average Bonchev–Trinajstić information content (AvgIpc) is 1.96. The summed E-state index contributed by atoms with van der Waals surface area (Å²) in [5, 5.41) is 0. The lowest BCUT2D eigenvalue weighted by molar-refractivity contribution is 0.308. The van der Waals surface area contributed by atoms with E-state index in [-0.39, 0.29) is 0 Å². The molecule has 0 aliphatic heterocycles. The van der Waals surface area contributed by atoms with Crippen molar-refractivity contribution in [3.05, 3.63) is 235 Å². The van der Waals surface area contributed by atoms with Crippen LogP contribution in [0.2, 0.25) is 0 Å². The van der Waals surface area contributed by atoms with Crippen molar-refractivity contribution in [2.75, 3.05) is 26.9 Å². The Balaban J connectivity index is 0.000000196. The van der Waals surface area contributed by atoms with Gasteiger partial charge in [0.15, 0.2) is 0 Å². The van der Waals surface area contributed by atoms with E-state index in [0.717, 1.165) is 107 Å². The molecule has 422 valence electrons. The van der Waals surface area contributed by atoms with E-state index in [1.165, 1.54) is 124 Å². The molecule has 0 unspecified atom stereocenters. The molecule has 2 aliphatic carbocycles. The van der Waals surface area contributed by atoms with Gasteiger partial charge >= 0.3 is 0 Å². The van der Waals surface area contributed by atoms with Crippen molar-refractivity contribution in [3.63, 3.8) is 0 Å². The fourth-order valence-electron chi connectivity index (χ4n) is 12.8. The Labute approximate surface area is 487 Å². The topological polar surface area (TPSA) is 36.9 Å². The van der Waals surface area contributed by atoms with Crippen LogP contribution in [0.25, 0.3) is 22.3 Å². The molecule has 0 aromatic heterocycles. The number of hydrogen-bond acceptors (Lipinski definition) is 4. The van der Waals surface area contributed by atoms with E-state index in [1.54, 1.807) is 7.11 Å². The second-order valence-electron chi connectivity index (χ2n) is 23.5. The smallest absolute Gasteiger partial charge is 0.119 e. The van der Waals surface area contributed by atoms with E-state index in [2.05, 4.69) is 222 Å². The van der Waals surface area contributed by atoms with Gasteiger partial charge in [-0.15, -0.1) is 0 Å². The molecule has 0 atom stereocenters. The molecule has 0 spiro atoms. The van der Waals surface area contributed by atoms with Gasteiger partial charge in [-0.25, -0.2) is 0 Å². The van der Waals surface area contributed by atoms with Gasteiger partial charge in [0, 0.05) is 0 Å². The van der Waals surface area contributed by atoms with Crippen molar-refractivity contribution in [1.82, 2.24) is 0 Å². The predicted molar refractivity (Wildman–Crippen MR) is 341 cm³/mol. The Morgan fingerprint density at radius 2 is 0.593 bits per heavy atom. The van der Waals surface area contributed by atoms with Crippen LogP contribution in [0.1, 0.15) is 188 Å². The Morgan fingerprint density at radius 1 is 0.296 bits per heavy atom. The lowest BCUT2D eigenvalue weighted by Crippen LogP contribution is -2.29. The molecule has 2 aliphatic rings. The summed E-state index contributed by atoms with van der Waals surface area (Å²) in [4.78, 5) is 0. The number of hydrogen-bond donors (Lipinski definition) is 0. The molecule has 10 rings (SSSR count). The van der Waals surface area contributed by atoms with Crippen molar-refractivity contribution in [2.45, 2.75) is 164 Å². The molecule has 0 fully saturated rings. The minimum atomic E-state index is -0.483. The van der Waals surface area contributed by atoms with Crippen LogP contribution >= 0.6 is 0 Å². The van der Waals surface area contributed by atoms with Gasteiger partial charge in [-0.1, -0.05) is 186 Å². The van der Waals surface area contributed by atoms with Gasteiger partial charge in [0.1, 0.15) is 23.0 Å². The van der Waals surface area contributed by atoms with Gasteiger partial charge in [0.2, 0.25) is 0 Å². The third-order valence-electron chi connectivity index (χ3n) is 16.8. The quantitative estimate of drug-likeness (QED) is 0.0598. The second-order valence-corrected chi connectivity index (χ2v) is 23.5. The summed E-state index contributed by atoms with van der Waals surface area (Å²) in [7, 11) is 1.76. The van der Waals surface area contributed by atoms with Crippen molar-refractivity contribution in [3.8, 4) is 45.3 Å².